The number of nitrogens with zero attached hydrogens (tertiary/aromatic N) is 4. The largest absolute Gasteiger partial charge is 0.492 e. The summed E-state index contributed by atoms with van der Waals surface area (Å²) in [6.45, 7) is 8.14. The van der Waals surface area contributed by atoms with E-state index in [2.05, 4.69) is 27.4 Å². The number of aromatic nitrogens is 2. The van der Waals surface area contributed by atoms with Crippen molar-refractivity contribution in [1.82, 2.24) is 20.4 Å². The van der Waals surface area contributed by atoms with Crippen molar-refractivity contribution in [3.63, 3.8) is 0 Å². The molecule has 7 nitrogen and oxygen atoms in total. The SMILES string of the molecule is CN=C(NCCc1nc(C(C)C)no1)N(C)CCOc1ccc(C)cc1. The van der Waals surface area contributed by atoms with Crippen molar-refractivity contribution in [2.24, 2.45) is 4.99 Å². The van der Waals surface area contributed by atoms with E-state index in [9.17, 15) is 0 Å². The lowest BCUT2D eigenvalue weighted by Crippen LogP contribution is -2.41. The van der Waals surface area contributed by atoms with E-state index >= 15 is 0 Å². The summed E-state index contributed by atoms with van der Waals surface area (Å²) in [5.41, 5.74) is 1.22. The van der Waals surface area contributed by atoms with Crippen LogP contribution in [-0.4, -0.2) is 54.8 Å². The molecular formula is C19H29N5O2. The minimum atomic E-state index is 0.271. The summed E-state index contributed by atoms with van der Waals surface area (Å²) in [5.74, 6) is 3.34. The average Bonchev–Trinajstić information content (AvgIpc) is 3.09. The molecule has 0 spiro atoms. The number of guanidine groups is 1. The Balaban J connectivity index is 1.71. The standard InChI is InChI=1S/C19H29N5O2/c1-14(2)18-22-17(26-23-18)10-11-21-19(20-4)24(5)12-13-25-16-8-6-15(3)7-9-16/h6-9,14H,10-13H2,1-5H3,(H,20,21). The van der Waals surface area contributed by atoms with E-state index < -0.39 is 0 Å². The maximum atomic E-state index is 5.77. The summed E-state index contributed by atoms with van der Waals surface area (Å²) in [5, 5.41) is 7.28. The van der Waals surface area contributed by atoms with Gasteiger partial charge in [-0.15, -0.1) is 0 Å². The number of nitrogens with one attached hydrogen (secondary N) is 1. The normalized spacial score (nSPS) is 11.7. The fourth-order valence-electron chi connectivity index (χ4n) is 2.31. The molecule has 1 aromatic heterocycles. The molecule has 0 radical (unpaired) electrons. The molecule has 0 aliphatic heterocycles. The second kappa shape index (κ2) is 9.79. The fourth-order valence-corrected chi connectivity index (χ4v) is 2.31. The highest BCUT2D eigenvalue weighted by Gasteiger charge is 2.10. The molecule has 0 unspecified atom stereocenters. The highest BCUT2D eigenvalue weighted by molar-refractivity contribution is 5.79. The third kappa shape index (κ3) is 6.06. The Morgan fingerprint density at radius 2 is 2.04 bits per heavy atom. The Morgan fingerprint density at radius 1 is 1.31 bits per heavy atom. The smallest absolute Gasteiger partial charge is 0.228 e. The minimum Gasteiger partial charge on any atom is -0.492 e. The van der Waals surface area contributed by atoms with Gasteiger partial charge in [-0.3, -0.25) is 4.99 Å². The van der Waals surface area contributed by atoms with Crippen LogP contribution in [0.15, 0.2) is 33.8 Å². The lowest BCUT2D eigenvalue weighted by Gasteiger charge is -2.22. The van der Waals surface area contributed by atoms with Gasteiger partial charge in [0.1, 0.15) is 12.4 Å². The number of hydrogen-bond donors (Lipinski definition) is 1. The van der Waals surface area contributed by atoms with E-state index in [1.54, 1.807) is 7.05 Å². The van der Waals surface area contributed by atoms with Gasteiger partial charge < -0.3 is 19.5 Å². The molecule has 142 valence electrons. The molecule has 26 heavy (non-hydrogen) atoms. The molecule has 1 aromatic carbocycles. The minimum absolute atomic E-state index is 0.271. The van der Waals surface area contributed by atoms with Crippen molar-refractivity contribution < 1.29 is 9.26 Å². The van der Waals surface area contributed by atoms with Crippen molar-refractivity contribution in [3.05, 3.63) is 41.5 Å². The summed E-state index contributed by atoms with van der Waals surface area (Å²) in [7, 11) is 3.75. The number of rotatable bonds is 8. The van der Waals surface area contributed by atoms with Gasteiger partial charge in [-0.05, 0) is 19.1 Å². The molecule has 2 aromatic rings. The lowest BCUT2D eigenvalue weighted by molar-refractivity contribution is 0.281. The highest BCUT2D eigenvalue weighted by Crippen LogP contribution is 2.11. The zero-order valence-electron chi connectivity index (χ0n) is 16.3. The molecule has 0 aliphatic carbocycles. The molecule has 0 aliphatic rings. The third-order valence-corrected chi connectivity index (χ3v) is 3.91. The molecule has 0 atom stereocenters. The van der Waals surface area contributed by atoms with E-state index in [4.69, 9.17) is 9.26 Å². The molecule has 0 fully saturated rings. The van der Waals surface area contributed by atoms with Crippen LogP contribution in [0.2, 0.25) is 0 Å². The van der Waals surface area contributed by atoms with E-state index in [1.165, 1.54) is 5.56 Å². The predicted octanol–water partition coefficient (Wildman–Crippen LogP) is 2.63. The molecule has 0 bridgehead atoms. The van der Waals surface area contributed by atoms with Crippen molar-refractivity contribution >= 4 is 5.96 Å². The predicted molar refractivity (Wildman–Crippen MR) is 103 cm³/mol. The van der Waals surface area contributed by atoms with Crippen molar-refractivity contribution in [2.45, 2.75) is 33.1 Å². The maximum absolute atomic E-state index is 5.77. The van der Waals surface area contributed by atoms with Crippen LogP contribution in [0.1, 0.15) is 37.0 Å². The average molecular weight is 359 g/mol. The number of hydrogen-bond acceptors (Lipinski definition) is 5. The van der Waals surface area contributed by atoms with Gasteiger partial charge in [-0.2, -0.15) is 4.98 Å². The fraction of sp³-hybridized carbons (Fsp3) is 0.526. The van der Waals surface area contributed by atoms with Crippen molar-refractivity contribution in [1.29, 1.82) is 0 Å². The van der Waals surface area contributed by atoms with Gasteiger partial charge in [-0.25, -0.2) is 0 Å². The zero-order valence-corrected chi connectivity index (χ0v) is 16.3. The van der Waals surface area contributed by atoms with Gasteiger partial charge >= 0.3 is 0 Å². The van der Waals surface area contributed by atoms with E-state index in [-0.39, 0.29) is 5.92 Å². The first-order chi connectivity index (χ1) is 12.5. The molecule has 2 rings (SSSR count). The van der Waals surface area contributed by atoms with Crippen LogP contribution in [0.4, 0.5) is 0 Å². The first kappa shape index (κ1) is 19.8. The summed E-state index contributed by atoms with van der Waals surface area (Å²) < 4.78 is 11.0. The topological polar surface area (TPSA) is 75.8 Å². The Morgan fingerprint density at radius 3 is 2.65 bits per heavy atom. The number of aryl methyl sites for hydroxylation is 1. The maximum Gasteiger partial charge on any atom is 0.228 e. The number of benzene rings is 1. The third-order valence-electron chi connectivity index (χ3n) is 3.91. The first-order valence-corrected chi connectivity index (χ1v) is 8.93. The van der Waals surface area contributed by atoms with Gasteiger partial charge in [0.25, 0.3) is 0 Å². The zero-order chi connectivity index (χ0) is 18.9. The quantitative estimate of drug-likeness (QED) is 0.577. The van der Waals surface area contributed by atoms with E-state index in [0.29, 0.717) is 25.5 Å². The lowest BCUT2D eigenvalue weighted by atomic mass is 10.2. The molecule has 0 saturated heterocycles. The molecule has 0 amide bonds. The van der Waals surface area contributed by atoms with Crippen LogP contribution < -0.4 is 10.1 Å². The van der Waals surface area contributed by atoms with Gasteiger partial charge in [-0.1, -0.05) is 36.7 Å². The van der Waals surface area contributed by atoms with Gasteiger partial charge in [0, 0.05) is 33.0 Å². The van der Waals surface area contributed by atoms with Gasteiger partial charge in [0.2, 0.25) is 5.89 Å². The Hall–Kier alpha value is -2.57. The number of likely N-dealkylation sites (N-methyl/N-ethyl adjacent to an activating group) is 1. The molecular weight excluding hydrogens is 330 g/mol. The Bertz CT molecular complexity index is 694. The second-order valence-electron chi connectivity index (χ2n) is 6.51. The van der Waals surface area contributed by atoms with E-state index in [1.807, 2.05) is 50.1 Å². The van der Waals surface area contributed by atoms with Crippen LogP contribution in [-0.2, 0) is 6.42 Å². The summed E-state index contributed by atoms with van der Waals surface area (Å²) in [4.78, 5) is 10.7. The molecule has 1 heterocycles. The van der Waals surface area contributed by atoms with Crippen LogP contribution in [0.3, 0.4) is 0 Å². The highest BCUT2D eigenvalue weighted by atomic mass is 16.5. The molecule has 1 N–H and O–H groups in total. The monoisotopic (exact) mass is 359 g/mol. The number of ether oxygens (including phenoxy) is 1. The summed E-state index contributed by atoms with van der Waals surface area (Å²) >= 11 is 0. The number of aliphatic imine (C=N–C) groups is 1. The second-order valence-corrected chi connectivity index (χ2v) is 6.51. The van der Waals surface area contributed by atoms with Crippen LogP contribution in [0.25, 0.3) is 0 Å². The van der Waals surface area contributed by atoms with Gasteiger partial charge in [0.05, 0.1) is 6.54 Å². The first-order valence-electron chi connectivity index (χ1n) is 8.93. The summed E-state index contributed by atoms with van der Waals surface area (Å²) in [6.07, 6.45) is 0.659. The van der Waals surface area contributed by atoms with Gasteiger partial charge in [0.15, 0.2) is 11.8 Å². The Labute approximate surface area is 155 Å². The summed E-state index contributed by atoms with van der Waals surface area (Å²) in [6, 6.07) is 8.06. The van der Waals surface area contributed by atoms with E-state index in [0.717, 1.165) is 24.1 Å². The Kier molecular flexibility index (Phi) is 7.44. The van der Waals surface area contributed by atoms with Crippen molar-refractivity contribution in [3.8, 4) is 5.75 Å². The molecule has 0 saturated carbocycles. The van der Waals surface area contributed by atoms with Crippen LogP contribution in [0.5, 0.6) is 5.75 Å². The van der Waals surface area contributed by atoms with Crippen LogP contribution in [0, 0.1) is 6.92 Å². The molecule has 7 heteroatoms. The van der Waals surface area contributed by atoms with Crippen molar-refractivity contribution in [2.75, 3.05) is 33.8 Å². The van der Waals surface area contributed by atoms with Crippen LogP contribution >= 0.6 is 0 Å².